The average Bonchev–Trinajstić information content (AvgIpc) is 2.12. The third kappa shape index (κ3) is 0.889. The maximum atomic E-state index is 11.1. The van der Waals surface area contributed by atoms with E-state index in [1.807, 2.05) is 24.3 Å². The van der Waals surface area contributed by atoms with Crippen LogP contribution in [-0.2, 0) is 0 Å². The zero-order valence-electron chi connectivity index (χ0n) is 6.53. The van der Waals surface area contributed by atoms with Gasteiger partial charge in [0.2, 0.25) is 0 Å². The van der Waals surface area contributed by atoms with Crippen molar-refractivity contribution in [3.63, 3.8) is 0 Å². The number of hydrogen-bond acceptors (Lipinski definition) is 1. The number of fused-ring (bicyclic) bond motifs is 1. The van der Waals surface area contributed by atoms with Gasteiger partial charge in [-0.25, -0.2) is 0 Å². The second-order valence-corrected chi connectivity index (χ2v) is 2.66. The standard InChI is InChI=1S/C10H8NO/c1-11-9-5-3-2-4-8(9)6-7-10(11)12/h2-7H,1H2/q-1. The van der Waals surface area contributed by atoms with Crippen molar-refractivity contribution in [3.8, 4) is 0 Å². The first-order valence-corrected chi connectivity index (χ1v) is 3.71. The summed E-state index contributed by atoms with van der Waals surface area (Å²) in [6.07, 6.45) is 0. The lowest BCUT2D eigenvalue weighted by atomic mass is 10.2. The molecule has 0 amide bonds. The van der Waals surface area contributed by atoms with Gasteiger partial charge in [0.25, 0.3) is 0 Å². The predicted octanol–water partition coefficient (Wildman–Crippen LogP) is 1.64. The van der Waals surface area contributed by atoms with Crippen molar-refractivity contribution < 1.29 is 0 Å². The first-order valence-electron chi connectivity index (χ1n) is 3.71. The van der Waals surface area contributed by atoms with E-state index in [0.29, 0.717) is 0 Å². The molecular weight excluding hydrogens is 150 g/mol. The Morgan fingerprint density at radius 2 is 1.83 bits per heavy atom. The molecule has 0 radical (unpaired) electrons. The number of aromatic nitrogens is 1. The van der Waals surface area contributed by atoms with E-state index in [0.717, 1.165) is 10.9 Å². The zero-order valence-corrected chi connectivity index (χ0v) is 6.53. The fourth-order valence-corrected chi connectivity index (χ4v) is 1.24. The molecule has 0 atom stereocenters. The normalized spacial score (nSPS) is 10.3. The Hall–Kier alpha value is -1.70. The molecule has 1 aromatic carbocycles. The van der Waals surface area contributed by atoms with Gasteiger partial charge < -0.3 is 9.36 Å². The van der Waals surface area contributed by atoms with Crippen molar-refractivity contribution in [1.82, 2.24) is 4.57 Å². The van der Waals surface area contributed by atoms with Crippen LogP contribution < -0.4 is 5.56 Å². The molecule has 2 nitrogen and oxygen atoms in total. The number of pyridine rings is 1. The molecule has 2 rings (SSSR count). The summed E-state index contributed by atoms with van der Waals surface area (Å²) in [4.78, 5) is 11.1. The molecule has 1 heterocycles. The van der Waals surface area contributed by atoms with Crippen LogP contribution in [0.4, 0.5) is 0 Å². The van der Waals surface area contributed by atoms with E-state index < -0.39 is 0 Å². The van der Waals surface area contributed by atoms with Crippen LogP contribution >= 0.6 is 0 Å². The first kappa shape index (κ1) is 6.98. The first-order chi connectivity index (χ1) is 5.79. The van der Waals surface area contributed by atoms with Gasteiger partial charge in [0.05, 0.1) is 0 Å². The maximum Gasteiger partial charge on any atom is 0.141 e. The van der Waals surface area contributed by atoms with E-state index in [-0.39, 0.29) is 5.56 Å². The lowest BCUT2D eigenvalue weighted by molar-refractivity contribution is 1.05. The predicted molar refractivity (Wildman–Crippen MR) is 49.0 cm³/mol. The second-order valence-electron chi connectivity index (χ2n) is 2.66. The highest BCUT2D eigenvalue weighted by molar-refractivity contribution is 5.78. The number of hydrogen-bond donors (Lipinski definition) is 0. The monoisotopic (exact) mass is 158 g/mol. The molecule has 0 aliphatic carbocycles. The Labute approximate surface area is 70.1 Å². The number of para-hydroxylation sites is 1. The van der Waals surface area contributed by atoms with E-state index >= 15 is 0 Å². The zero-order chi connectivity index (χ0) is 8.55. The van der Waals surface area contributed by atoms with E-state index in [4.69, 9.17) is 0 Å². The van der Waals surface area contributed by atoms with Crippen LogP contribution in [0.25, 0.3) is 10.9 Å². The fourth-order valence-electron chi connectivity index (χ4n) is 1.24. The summed E-state index contributed by atoms with van der Waals surface area (Å²) in [5, 5.41) is 1.03. The molecule has 0 N–H and O–H groups in total. The summed E-state index contributed by atoms with van der Waals surface area (Å²) in [6.45, 7) is 0. The molecule has 0 bridgehead atoms. The largest absolute Gasteiger partial charge is 0.449 e. The average molecular weight is 158 g/mol. The van der Waals surface area contributed by atoms with Gasteiger partial charge in [-0.2, -0.15) is 0 Å². The number of nitrogens with zero attached hydrogens (tertiary/aromatic N) is 1. The summed E-state index contributed by atoms with van der Waals surface area (Å²) >= 11 is 0. The van der Waals surface area contributed by atoms with E-state index in [9.17, 15) is 4.79 Å². The summed E-state index contributed by atoms with van der Waals surface area (Å²) in [5.74, 6) is 0. The van der Waals surface area contributed by atoms with E-state index in [1.54, 1.807) is 6.07 Å². The SMILES string of the molecule is [CH2-]n1c(=O)ccc2ccccc21. The quantitative estimate of drug-likeness (QED) is 0.534. The Bertz CT molecular complexity index is 470. The summed E-state index contributed by atoms with van der Waals surface area (Å²) in [7, 11) is 3.65. The topological polar surface area (TPSA) is 22.0 Å². The van der Waals surface area contributed by atoms with Crippen molar-refractivity contribution in [2.24, 2.45) is 0 Å². The van der Waals surface area contributed by atoms with Crippen LogP contribution in [0.5, 0.6) is 0 Å². The molecule has 0 saturated heterocycles. The molecule has 0 saturated carbocycles. The van der Waals surface area contributed by atoms with Gasteiger partial charge in [-0.1, -0.05) is 47.3 Å². The molecule has 0 aliphatic heterocycles. The van der Waals surface area contributed by atoms with Gasteiger partial charge >= 0.3 is 0 Å². The molecule has 0 aliphatic rings. The molecule has 2 heteroatoms. The van der Waals surface area contributed by atoms with Crippen LogP contribution in [0, 0.1) is 7.05 Å². The number of rotatable bonds is 0. The van der Waals surface area contributed by atoms with Gasteiger partial charge in [-0.3, -0.25) is 0 Å². The molecule has 0 fully saturated rings. The van der Waals surface area contributed by atoms with Gasteiger partial charge in [0.1, 0.15) is 5.56 Å². The van der Waals surface area contributed by atoms with Gasteiger partial charge in [-0.15, -0.1) is 7.05 Å². The van der Waals surface area contributed by atoms with Crippen molar-refractivity contribution in [2.75, 3.05) is 0 Å². The molecule has 12 heavy (non-hydrogen) atoms. The summed E-state index contributed by atoms with van der Waals surface area (Å²) < 4.78 is 1.40. The minimum Gasteiger partial charge on any atom is -0.449 e. The Balaban J connectivity index is 3.01. The van der Waals surface area contributed by atoms with Gasteiger partial charge in [0.15, 0.2) is 0 Å². The third-order valence-corrected chi connectivity index (χ3v) is 1.90. The number of benzene rings is 1. The molecule has 0 spiro atoms. The molecule has 1 aromatic heterocycles. The van der Waals surface area contributed by atoms with Crippen molar-refractivity contribution in [3.05, 3.63) is 53.8 Å². The molecular formula is C10H8NO-. The Morgan fingerprint density at radius 3 is 2.67 bits per heavy atom. The summed E-state index contributed by atoms with van der Waals surface area (Å²) in [5.41, 5.74) is 0.790. The Morgan fingerprint density at radius 1 is 1.08 bits per heavy atom. The van der Waals surface area contributed by atoms with Crippen molar-refractivity contribution >= 4 is 10.9 Å². The van der Waals surface area contributed by atoms with Crippen LogP contribution in [0.1, 0.15) is 0 Å². The second kappa shape index (κ2) is 2.41. The minimum absolute atomic E-state index is 0.0753. The highest BCUT2D eigenvalue weighted by Gasteiger charge is 1.87. The van der Waals surface area contributed by atoms with Crippen LogP contribution in [0.2, 0.25) is 0 Å². The van der Waals surface area contributed by atoms with Gasteiger partial charge in [-0.05, 0) is 0 Å². The lowest BCUT2D eigenvalue weighted by Crippen LogP contribution is -2.13. The fraction of sp³-hybridized carbons (Fsp3) is 0. The van der Waals surface area contributed by atoms with Crippen molar-refractivity contribution in [1.29, 1.82) is 0 Å². The minimum atomic E-state index is -0.0753. The lowest BCUT2D eigenvalue weighted by Gasteiger charge is -2.11. The highest BCUT2D eigenvalue weighted by Crippen LogP contribution is 2.09. The third-order valence-electron chi connectivity index (χ3n) is 1.90. The summed E-state index contributed by atoms with van der Waals surface area (Å²) in [6, 6.07) is 11.0. The maximum absolute atomic E-state index is 11.1. The van der Waals surface area contributed by atoms with Crippen LogP contribution in [0.3, 0.4) is 0 Å². The Kier molecular flexibility index (Phi) is 1.40. The molecule has 0 unspecified atom stereocenters. The highest BCUT2D eigenvalue weighted by atomic mass is 16.1. The van der Waals surface area contributed by atoms with Crippen molar-refractivity contribution in [2.45, 2.75) is 0 Å². The van der Waals surface area contributed by atoms with Crippen LogP contribution in [-0.4, -0.2) is 4.57 Å². The molecule has 2 aromatic rings. The van der Waals surface area contributed by atoms with Gasteiger partial charge in [0, 0.05) is 0 Å². The van der Waals surface area contributed by atoms with E-state index in [2.05, 4.69) is 7.05 Å². The van der Waals surface area contributed by atoms with Crippen LogP contribution in [0.15, 0.2) is 41.2 Å². The van der Waals surface area contributed by atoms with E-state index in [1.165, 1.54) is 10.6 Å². The smallest absolute Gasteiger partial charge is 0.141 e. The molecule has 60 valence electrons.